The van der Waals surface area contributed by atoms with Crippen LogP contribution in [-0.4, -0.2) is 17.3 Å². The SMILES string of the molecule is COc1ccc(C(C)c2nncs2)cc1N. The highest BCUT2D eigenvalue weighted by atomic mass is 32.1. The van der Waals surface area contributed by atoms with Crippen molar-refractivity contribution in [2.45, 2.75) is 12.8 Å². The fraction of sp³-hybridized carbons (Fsp3) is 0.273. The third kappa shape index (κ3) is 1.99. The molecule has 16 heavy (non-hydrogen) atoms. The second-order valence-corrected chi connectivity index (χ2v) is 4.36. The lowest BCUT2D eigenvalue weighted by molar-refractivity contribution is 0.417. The van der Waals surface area contributed by atoms with Gasteiger partial charge in [0.15, 0.2) is 0 Å². The van der Waals surface area contributed by atoms with E-state index in [2.05, 4.69) is 17.1 Å². The molecule has 0 aliphatic rings. The lowest BCUT2D eigenvalue weighted by atomic mass is 10.0. The molecule has 1 aromatic carbocycles. The molecule has 84 valence electrons. The molecule has 0 aliphatic carbocycles. The Balaban J connectivity index is 2.31. The van der Waals surface area contributed by atoms with Crippen molar-refractivity contribution in [2.24, 2.45) is 0 Å². The second-order valence-electron chi connectivity index (χ2n) is 3.50. The van der Waals surface area contributed by atoms with Gasteiger partial charge in [-0.1, -0.05) is 13.0 Å². The van der Waals surface area contributed by atoms with Gasteiger partial charge in [-0.3, -0.25) is 0 Å². The van der Waals surface area contributed by atoms with E-state index in [0.29, 0.717) is 11.4 Å². The summed E-state index contributed by atoms with van der Waals surface area (Å²) in [5, 5.41) is 8.89. The first kappa shape index (κ1) is 10.9. The molecule has 0 fully saturated rings. The van der Waals surface area contributed by atoms with Crippen molar-refractivity contribution in [1.29, 1.82) is 0 Å². The van der Waals surface area contributed by atoms with E-state index in [9.17, 15) is 0 Å². The number of aromatic nitrogens is 2. The van der Waals surface area contributed by atoms with Crippen LogP contribution < -0.4 is 10.5 Å². The van der Waals surface area contributed by atoms with E-state index in [1.165, 1.54) is 0 Å². The number of nitrogen functional groups attached to an aromatic ring is 1. The van der Waals surface area contributed by atoms with E-state index in [1.807, 2.05) is 18.2 Å². The van der Waals surface area contributed by atoms with E-state index in [-0.39, 0.29) is 5.92 Å². The Hall–Kier alpha value is -1.62. The number of hydrogen-bond donors (Lipinski definition) is 1. The highest BCUT2D eigenvalue weighted by Gasteiger charge is 2.13. The minimum absolute atomic E-state index is 0.209. The van der Waals surface area contributed by atoms with Gasteiger partial charge in [0.2, 0.25) is 0 Å². The van der Waals surface area contributed by atoms with Gasteiger partial charge in [0.05, 0.1) is 12.8 Å². The molecule has 1 atom stereocenters. The van der Waals surface area contributed by atoms with E-state index in [0.717, 1.165) is 10.6 Å². The van der Waals surface area contributed by atoms with Gasteiger partial charge in [-0.2, -0.15) is 0 Å². The number of benzene rings is 1. The minimum atomic E-state index is 0.209. The van der Waals surface area contributed by atoms with Crippen molar-refractivity contribution in [1.82, 2.24) is 10.2 Å². The van der Waals surface area contributed by atoms with Gasteiger partial charge in [0.25, 0.3) is 0 Å². The predicted octanol–water partition coefficient (Wildman–Crippen LogP) is 2.28. The van der Waals surface area contributed by atoms with Crippen LogP contribution in [0.15, 0.2) is 23.7 Å². The first-order valence-corrected chi connectivity index (χ1v) is 5.80. The maximum Gasteiger partial charge on any atom is 0.141 e. The summed E-state index contributed by atoms with van der Waals surface area (Å²) in [7, 11) is 1.61. The first-order chi connectivity index (χ1) is 7.72. The molecule has 1 aromatic heterocycles. The Bertz CT molecular complexity index is 470. The molecule has 2 N–H and O–H groups in total. The largest absolute Gasteiger partial charge is 0.495 e. The summed E-state index contributed by atoms with van der Waals surface area (Å²) >= 11 is 1.55. The molecule has 0 saturated heterocycles. The van der Waals surface area contributed by atoms with E-state index in [1.54, 1.807) is 24.0 Å². The van der Waals surface area contributed by atoms with Gasteiger partial charge >= 0.3 is 0 Å². The zero-order chi connectivity index (χ0) is 11.5. The summed E-state index contributed by atoms with van der Waals surface area (Å²) < 4.78 is 5.12. The fourth-order valence-electron chi connectivity index (χ4n) is 1.54. The highest BCUT2D eigenvalue weighted by molar-refractivity contribution is 7.09. The van der Waals surface area contributed by atoms with Crippen molar-refractivity contribution in [3.8, 4) is 5.75 Å². The average Bonchev–Trinajstić information content (AvgIpc) is 2.81. The predicted molar refractivity (Wildman–Crippen MR) is 64.8 cm³/mol. The summed E-state index contributed by atoms with van der Waals surface area (Å²) in [4.78, 5) is 0. The molecule has 2 rings (SSSR count). The lowest BCUT2D eigenvalue weighted by Gasteiger charge is -2.11. The maximum atomic E-state index is 5.87. The van der Waals surface area contributed by atoms with Gasteiger partial charge in [-0.05, 0) is 17.7 Å². The molecule has 0 saturated carbocycles. The standard InChI is InChI=1S/C11H13N3OS/c1-7(11-14-13-6-16-11)8-3-4-10(15-2)9(12)5-8/h3-7H,12H2,1-2H3. The number of anilines is 1. The Labute approximate surface area is 98.1 Å². The number of rotatable bonds is 3. The van der Waals surface area contributed by atoms with Crippen LogP contribution >= 0.6 is 11.3 Å². The van der Waals surface area contributed by atoms with E-state index < -0.39 is 0 Å². The Morgan fingerprint density at radius 1 is 1.44 bits per heavy atom. The third-order valence-electron chi connectivity index (χ3n) is 2.50. The topological polar surface area (TPSA) is 61.0 Å². The summed E-state index contributed by atoms with van der Waals surface area (Å²) in [5.41, 5.74) is 9.37. The average molecular weight is 235 g/mol. The van der Waals surface area contributed by atoms with Crippen molar-refractivity contribution >= 4 is 17.0 Å². The Morgan fingerprint density at radius 2 is 2.25 bits per heavy atom. The number of methoxy groups -OCH3 is 1. The number of nitrogens with zero attached hydrogens (tertiary/aromatic N) is 2. The summed E-state index contributed by atoms with van der Waals surface area (Å²) in [6.45, 7) is 2.09. The van der Waals surface area contributed by atoms with Crippen LogP contribution in [0.25, 0.3) is 0 Å². The van der Waals surface area contributed by atoms with Crippen LogP contribution in [0.4, 0.5) is 5.69 Å². The van der Waals surface area contributed by atoms with Crippen LogP contribution in [0, 0.1) is 0 Å². The van der Waals surface area contributed by atoms with Gasteiger partial charge in [-0.15, -0.1) is 21.5 Å². The highest BCUT2D eigenvalue weighted by Crippen LogP contribution is 2.30. The quantitative estimate of drug-likeness (QED) is 0.829. The zero-order valence-corrected chi connectivity index (χ0v) is 9.99. The molecule has 0 aliphatic heterocycles. The second kappa shape index (κ2) is 4.49. The molecule has 2 aromatic rings. The van der Waals surface area contributed by atoms with Gasteiger partial charge in [-0.25, -0.2) is 0 Å². The summed E-state index contributed by atoms with van der Waals surface area (Å²) in [5.74, 6) is 0.911. The summed E-state index contributed by atoms with van der Waals surface area (Å²) in [6, 6.07) is 5.80. The lowest BCUT2D eigenvalue weighted by Crippen LogP contribution is -1.99. The molecule has 0 spiro atoms. The molecule has 0 radical (unpaired) electrons. The molecule has 4 nitrogen and oxygen atoms in total. The molecule has 1 heterocycles. The number of nitrogens with two attached hydrogens (primary N) is 1. The number of hydrogen-bond acceptors (Lipinski definition) is 5. The number of ether oxygens (including phenoxy) is 1. The van der Waals surface area contributed by atoms with Crippen LogP contribution in [0.3, 0.4) is 0 Å². The van der Waals surface area contributed by atoms with Crippen molar-refractivity contribution in [3.05, 3.63) is 34.3 Å². The summed E-state index contributed by atoms with van der Waals surface area (Å²) in [6.07, 6.45) is 0. The normalized spacial score (nSPS) is 12.4. The van der Waals surface area contributed by atoms with Gasteiger partial charge in [0.1, 0.15) is 16.3 Å². The maximum absolute atomic E-state index is 5.87. The Morgan fingerprint density at radius 3 is 2.81 bits per heavy atom. The van der Waals surface area contributed by atoms with Gasteiger partial charge in [0, 0.05) is 5.92 Å². The van der Waals surface area contributed by atoms with E-state index in [4.69, 9.17) is 10.5 Å². The monoisotopic (exact) mass is 235 g/mol. The molecule has 5 heteroatoms. The third-order valence-corrected chi connectivity index (χ3v) is 3.38. The molecular formula is C11H13N3OS. The van der Waals surface area contributed by atoms with E-state index >= 15 is 0 Å². The molecule has 0 amide bonds. The smallest absolute Gasteiger partial charge is 0.141 e. The van der Waals surface area contributed by atoms with Crippen molar-refractivity contribution in [2.75, 3.05) is 12.8 Å². The Kier molecular flexibility index (Phi) is 3.05. The first-order valence-electron chi connectivity index (χ1n) is 4.92. The minimum Gasteiger partial charge on any atom is -0.495 e. The molecular weight excluding hydrogens is 222 g/mol. The van der Waals surface area contributed by atoms with Crippen LogP contribution in [0.5, 0.6) is 5.75 Å². The zero-order valence-electron chi connectivity index (χ0n) is 9.18. The van der Waals surface area contributed by atoms with Crippen molar-refractivity contribution < 1.29 is 4.74 Å². The van der Waals surface area contributed by atoms with Crippen LogP contribution in [0.2, 0.25) is 0 Å². The molecule has 1 unspecified atom stereocenters. The van der Waals surface area contributed by atoms with Crippen LogP contribution in [-0.2, 0) is 0 Å². The van der Waals surface area contributed by atoms with Crippen molar-refractivity contribution in [3.63, 3.8) is 0 Å². The molecule has 0 bridgehead atoms. The fourth-order valence-corrected chi connectivity index (χ4v) is 2.17. The van der Waals surface area contributed by atoms with Gasteiger partial charge < -0.3 is 10.5 Å². The van der Waals surface area contributed by atoms with Crippen LogP contribution in [0.1, 0.15) is 23.4 Å².